The highest BCUT2D eigenvalue weighted by Crippen LogP contribution is 2.33. The van der Waals surface area contributed by atoms with Crippen LogP contribution in [0.5, 0.6) is 0 Å². The third kappa shape index (κ3) is 3.47. The van der Waals surface area contributed by atoms with Crippen LogP contribution in [0.4, 0.5) is 0 Å². The maximum Gasteiger partial charge on any atom is 0.183 e. The van der Waals surface area contributed by atoms with E-state index in [1.165, 1.54) is 19.4 Å². The Balaban J connectivity index is 1.59. The van der Waals surface area contributed by atoms with Crippen LogP contribution < -0.4 is 5.73 Å². The Morgan fingerprint density at radius 3 is 2.45 bits per heavy atom. The first-order valence-electron chi connectivity index (χ1n) is 7.28. The zero-order chi connectivity index (χ0) is 14.1. The molecule has 0 aromatic carbocycles. The largest absolute Gasteiger partial charge is 0.451 e. The van der Waals surface area contributed by atoms with E-state index in [9.17, 15) is 0 Å². The van der Waals surface area contributed by atoms with Gasteiger partial charge in [-0.1, -0.05) is 0 Å². The first kappa shape index (κ1) is 15.0. The van der Waals surface area contributed by atoms with Gasteiger partial charge in [-0.05, 0) is 56.7 Å². The van der Waals surface area contributed by atoms with E-state index in [2.05, 4.69) is 41.7 Å². The fraction of sp³-hybridized carbons (Fsp3) is 0.714. The summed E-state index contributed by atoms with van der Waals surface area (Å²) in [4.78, 5) is 5.04. The molecule has 2 heterocycles. The molecule has 1 saturated carbocycles. The van der Waals surface area contributed by atoms with Crippen LogP contribution in [0, 0.1) is 5.92 Å². The van der Waals surface area contributed by atoms with Gasteiger partial charge in [-0.25, -0.2) is 0 Å². The van der Waals surface area contributed by atoms with Crippen LogP contribution in [0.2, 0.25) is 0 Å². The van der Waals surface area contributed by atoms with Crippen molar-refractivity contribution in [1.82, 2.24) is 9.80 Å². The molecule has 0 spiro atoms. The normalized spacial score (nSPS) is 23.1. The fourth-order valence-electron chi connectivity index (χ4n) is 2.90. The van der Waals surface area contributed by atoms with Crippen molar-refractivity contribution < 1.29 is 4.42 Å². The van der Waals surface area contributed by atoms with Gasteiger partial charge in [-0.2, -0.15) is 0 Å². The first-order valence-corrected chi connectivity index (χ1v) is 8.87. The average molecular weight is 407 g/mol. The number of piperazine rings is 1. The van der Waals surface area contributed by atoms with E-state index in [0.29, 0.717) is 6.54 Å². The molecule has 112 valence electrons. The summed E-state index contributed by atoms with van der Waals surface area (Å²) in [7, 11) is 0. The summed E-state index contributed by atoms with van der Waals surface area (Å²) in [5.41, 5.74) is 5.97. The molecular weight excluding hydrogens is 386 g/mol. The lowest BCUT2D eigenvalue weighted by atomic mass is 10.1. The number of hydrogen-bond donors (Lipinski definition) is 1. The Hall–Kier alpha value is 0.120. The van der Waals surface area contributed by atoms with Gasteiger partial charge >= 0.3 is 0 Å². The minimum Gasteiger partial charge on any atom is -0.451 e. The monoisotopic (exact) mass is 405 g/mol. The SMILES string of the molecule is NCC(c1cc(Br)c(Br)o1)N1CCN(CC2CC2)CC1. The van der Waals surface area contributed by atoms with E-state index < -0.39 is 0 Å². The van der Waals surface area contributed by atoms with Gasteiger partial charge < -0.3 is 15.1 Å². The third-order valence-corrected chi connectivity index (χ3v) is 5.99. The molecule has 20 heavy (non-hydrogen) atoms. The van der Waals surface area contributed by atoms with E-state index in [1.807, 2.05) is 6.07 Å². The summed E-state index contributed by atoms with van der Waals surface area (Å²) >= 11 is 6.87. The Morgan fingerprint density at radius 1 is 1.25 bits per heavy atom. The molecule has 1 aliphatic carbocycles. The molecule has 2 N–H and O–H groups in total. The van der Waals surface area contributed by atoms with Crippen LogP contribution >= 0.6 is 31.9 Å². The minimum absolute atomic E-state index is 0.181. The minimum atomic E-state index is 0.181. The molecular formula is C14H21Br2N3O. The Morgan fingerprint density at radius 2 is 1.95 bits per heavy atom. The molecule has 1 aliphatic heterocycles. The van der Waals surface area contributed by atoms with Crippen LogP contribution in [0.3, 0.4) is 0 Å². The molecule has 1 saturated heterocycles. The van der Waals surface area contributed by atoms with E-state index in [4.69, 9.17) is 10.2 Å². The lowest BCUT2D eigenvalue weighted by Crippen LogP contribution is -2.49. The van der Waals surface area contributed by atoms with E-state index >= 15 is 0 Å². The van der Waals surface area contributed by atoms with Crippen LogP contribution in [0.25, 0.3) is 0 Å². The topological polar surface area (TPSA) is 45.6 Å². The molecule has 0 radical (unpaired) electrons. The van der Waals surface area contributed by atoms with Gasteiger partial charge in [0.2, 0.25) is 0 Å². The Bertz CT molecular complexity index is 434. The van der Waals surface area contributed by atoms with Gasteiger partial charge in [0, 0.05) is 39.3 Å². The second-order valence-corrected chi connectivity index (χ2v) is 7.38. The Labute approximate surface area is 136 Å². The molecule has 0 amide bonds. The van der Waals surface area contributed by atoms with Crippen molar-refractivity contribution in [3.8, 4) is 0 Å². The molecule has 6 heteroatoms. The fourth-order valence-corrected chi connectivity index (χ4v) is 3.50. The molecule has 2 aliphatic rings. The molecule has 1 unspecified atom stereocenters. The third-order valence-electron chi connectivity index (χ3n) is 4.28. The lowest BCUT2D eigenvalue weighted by molar-refractivity contribution is 0.0865. The number of nitrogens with two attached hydrogens (primary N) is 1. The van der Waals surface area contributed by atoms with Crippen molar-refractivity contribution in [3.63, 3.8) is 0 Å². The summed E-state index contributed by atoms with van der Waals surface area (Å²) in [6, 6.07) is 2.21. The smallest absolute Gasteiger partial charge is 0.183 e. The zero-order valence-corrected chi connectivity index (χ0v) is 14.7. The highest BCUT2D eigenvalue weighted by atomic mass is 79.9. The molecule has 3 rings (SSSR count). The van der Waals surface area contributed by atoms with Gasteiger partial charge in [0.05, 0.1) is 10.5 Å². The van der Waals surface area contributed by atoms with Gasteiger partial charge in [0.25, 0.3) is 0 Å². The van der Waals surface area contributed by atoms with Crippen molar-refractivity contribution in [3.05, 3.63) is 21.0 Å². The van der Waals surface area contributed by atoms with Crippen LogP contribution in [-0.4, -0.2) is 49.1 Å². The van der Waals surface area contributed by atoms with Crippen LogP contribution in [0.15, 0.2) is 19.6 Å². The zero-order valence-electron chi connectivity index (χ0n) is 11.5. The quantitative estimate of drug-likeness (QED) is 0.816. The Kier molecular flexibility index (Phi) is 4.87. The van der Waals surface area contributed by atoms with Gasteiger partial charge in [0.1, 0.15) is 5.76 Å². The number of hydrogen-bond acceptors (Lipinski definition) is 4. The van der Waals surface area contributed by atoms with Crippen molar-refractivity contribution in [2.24, 2.45) is 11.7 Å². The summed E-state index contributed by atoms with van der Waals surface area (Å²) in [6.07, 6.45) is 2.86. The first-order chi connectivity index (χ1) is 9.67. The number of furan rings is 1. The lowest BCUT2D eigenvalue weighted by Gasteiger charge is -2.38. The summed E-state index contributed by atoms with van der Waals surface area (Å²) in [6.45, 7) is 6.33. The van der Waals surface area contributed by atoms with E-state index in [-0.39, 0.29) is 6.04 Å². The van der Waals surface area contributed by atoms with E-state index in [0.717, 1.165) is 47.0 Å². The molecule has 1 atom stereocenters. The van der Waals surface area contributed by atoms with E-state index in [1.54, 1.807) is 0 Å². The second-order valence-electron chi connectivity index (χ2n) is 5.80. The molecule has 1 aromatic heterocycles. The van der Waals surface area contributed by atoms with Crippen molar-refractivity contribution in [2.45, 2.75) is 18.9 Å². The second kappa shape index (κ2) is 6.48. The molecule has 1 aromatic rings. The van der Waals surface area contributed by atoms with Gasteiger partial charge in [-0.3, -0.25) is 4.90 Å². The van der Waals surface area contributed by atoms with Gasteiger partial charge in [-0.15, -0.1) is 0 Å². The average Bonchev–Trinajstić information content (AvgIpc) is 3.19. The maximum absolute atomic E-state index is 5.97. The molecule has 4 nitrogen and oxygen atoms in total. The molecule has 2 fully saturated rings. The van der Waals surface area contributed by atoms with Crippen molar-refractivity contribution in [2.75, 3.05) is 39.3 Å². The number of rotatable bonds is 5. The predicted molar refractivity (Wildman–Crippen MR) is 86.6 cm³/mol. The van der Waals surface area contributed by atoms with Crippen molar-refractivity contribution in [1.29, 1.82) is 0 Å². The summed E-state index contributed by atoms with van der Waals surface area (Å²) in [5.74, 6) is 1.92. The summed E-state index contributed by atoms with van der Waals surface area (Å²) < 4.78 is 7.46. The van der Waals surface area contributed by atoms with Gasteiger partial charge in [0.15, 0.2) is 4.67 Å². The summed E-state index contributed by atoms with van der Waals surface area (Å²) in [5, 5.41) is 0. The standard InChI is InChI=1S/C14H21Br2N3O/c15-11-7-13(20-14(11)16)12(8-17)19-5-3-18(4-6-19)9-10-1-2-10/h7,10,12H,1-6,8-9,17H2. The highest BCUT2D eigenvalue weighted by molar-refractivity contribution is 9.13. The molecule has 0 bridgehead atoms. The van der Waals surface area contributed by atoms with Crippen molar-refractivity contribution >= 4 is 31.9 Å². The van der Waals surface area contributed by atoms with Crippen LogP contribution in [-0.2, 0) is 0 Å². The number of halogens is 2. The highest BCUT2D eigenvalue weighted by Gasteiger charge is 2.30. The predicted octanol–water partition coefficient (Wildman–Crippen LogP) is 2.83. The van der Waals surface area contributed by atoms with Crippen LogP contribution in [0.1, 0.15) is 24.6 Å². The number of nitrogens with zero attached hydrogens (tertiary/aromatic N) is 2. The maximum atomic E-state index is 5.97.